The van der Waals surface area contributed by atoms with Gasteiger partial charge in [0, 0.05) is 5.52 Å². The molecule has 2 heterocycles. The van der Waals surface area contributed by atoms with Crippen molar-refractivity contribution in [2.45, 2.75) is 0 Å². The third-order valence-electron chi connectivity index (χ3n) is 2.36. The number of aromatic nitrogens is 3. The number of aromatic amines is 1. The number of H-pyrrole nitrogens is 1. The second kappa shape index (κ2) is 3.30. The van der Waals surface area contributed by atoms with Gasteiger partial charge in [-0.3, -0.25) is 4.79 Å². The molecular formula is C11H7N3O2. The van der Waals surface area contributed by atoms with Gasteiger partial charge in [0.2, 0.25) is 12.2 Å². The average molecular weight is 213 g/mol. The van der Waals surface area contributed by atoms with E-state index < -0.39 is 0 Å². The van der Waals surface area contributed by atoms with Crippen LogP contribution < -0.4 is 5.56 Å². The minimum Gasteiger partial charge on any atom is -0.342 e. The summed E-state index contributed by atoms with van der Waals surface area (Å²) >= 11 is 0. The lowest BCUT2D eigenvalue weighted by Crippen LogP contribution is -2.09. The summed E-state index contributed by atoms with van der Waals surface area (Å²) in [5.41, 5.74) is 0.979. The minimum absolute atomic E-state index is 0.222. The van der Waals surface area contributed by atoms with E-state index in [1.807, 2.05) is 24.3 Å². The van der Waals surface area contributed by atoms with Crippen molar-refractivity contribution < 1.29 is 4.52 Å². The maximum atomic E-state index is 11.8. The van der Waals surface area contributed by atoms with Crippen LogP contribution in [-0.4, -0.2) is 15.1 Å². The van der Waals surface area contributed by atoms with Gasteiger partial charge in [0.15, 0.2) is 0 Å². The van der Waals surface area contributed by atoms with Crippen molar-refractivity contribution in [2.24, 2.45) is 0 Å². The molecule has 78 valence electrons. The predicted octanol–water partition coefficient (Wildman–Crippen LogP) is 1.58. The smallest absolute Gasteiger partial charge is 0.259 e. The number of para-hydroxylation sites is 1. The van der Waals surface area contributed by atoms with Gasteiger partial charge in [-0.1, -0.05) is 23.4 Å². The van der Waals surface area contributed by atoms with Crippen LogP contribution in [0.5, 0.6) is 0 Å². The van der Waals surface area contributed by atoms with E-state index in [2.05, 4.69) is 19.6 Å². The number of nitrogens with one attached hydrogen (secondary N) is 1. The molecule has 0 unspecified atom stereocenters. The number of hydrogen-bond acceptors (Lipinski definition) is 4. The predicted molar refractivity (Wildman–Crippen MR) is 57.9 cm³/mol. The lowest BCUT2D eigenvalue weighted by atomic mass is 10.1. The van der Waals surface area contributed by atoms with Gasteiger partial charge >= 0.3 is 0 Å². The lowest BCUT2D eigenvalue weighted by Gasteiger charge is -1.98. The van der Waals surface area contributed by atoms with Gasteiger partial charge in [-0.25, -0.2) is 0 Å². The number of hydrogen-bond donors (Lipinski definition) is 1. The number of benzene rings is 1. The molecule has 0 saturated heterocycles. The quantitative estimate of drug-likeness (QED) is 0.666. The van der Waals surface area contributed by atoms with Crippen LogP contribution in [0.2, 0.25) is 0 Å². The maximum Gasteiger partial charge on any atom is 0.259 e. The molecule has 0 saturated carbocycles. The molecule has 5 heteroatoms. The molecule has 1 aromatic carbocycles. The van der Waals surface area contributed by atoms with Crippen LogP contribution in [0, 0.1) is 0 Å². The van der Waals surface area contributed by atoms with Gasteiger partial charge < -0.3 is 9.51 Å². The van der Waals surface area contributed by atoms with Crippen molar-refractivity contribution in [3.8, 4) is 11.4 Å². The highest BCUT2D eigenvalue weighted by Crippen LogP contribution is 2.15. The Kier molecular flexibility index (Phi) is 1.83. The van der Waals surface area contributed by atoms with Crippen LogP contribution in [-0.2, 0) is 0 Å². The Balaban J connectivity index is 2.34. The molecular weight excluding hydrogens is 206 g/mol. The topological polar surface area (TPSA) is 71.8 Å². The summed E-state index contributed by atoms with van der Waals surface area (Å²) in [4.78, 5) is 18.4. The van der Waals surface area contributed by atoms with Gasteiger partial charge in [0.05, 0.1) is 5.56 Å². The van der Waals surface area contributed by atoms with Gasteiger partial charge in [-0.15, -0.1) is 0 Å². The van der Waals surface area contributed by atoms with Crippen molar-refractivity contribution in [1.29, 1.82) is 0 Å². The fourth-order valence-electron chi connectivity index (χ4n) is 1.60. The molecule has 0 aliphatic rings. The van der Waals surface area contributed by atoms with Crippen LogP contribution >= 0.6 is 0 Å². The minimum atomic E-state index is -0.222. The number of fused-ring (bicyclic) bond motifs is 1. The van der Waals surface area contributed by atoms with Gasteiger partial charge in [-0.2, -0.15) is 4.98 Å². The van der Waals surface area contributed by atoms with E-state index in [4.69, 9.17) is 0 Å². The SMILES string of the molecule is O=c1[nH]c2ccccc2cc1-c1ncon1. The third-order valence-corrected chi connectivity index (χ3v) is 2.36. The van der Waals surface area contributed by atoms with E-state index in [-0.39, 0.29) is 5.56 Å². The first-order chi connectivity index (χ1) is 7.84. The molecule has 0 spiro atoms. The highest BCUT2D eigenvalue weighted by Gasteiger charge is 2.08. The Morgan fingerprint density at radius 2 is 2.12 bits per heavy atom. The fourth-order valence-corrected chi connectivity index (χ4v) is 1.60. The molecule has 0 aliphatic carbocycles. The number of nitrogens with zero attached hydrogens (tertiary/aromatic N) is 2. The van der Waals surface area contributed by atoms with Gasteiger partial charge in [0.1, 0.15) is 0 Å². The Bertz CT molecular complexity index is 686. The van der Waals surface area contributed by atoms with Gasteiger partial charge in [0.25, 0.3) is 5.56 Å². The molecule has 0 radical (unpaired) electrons. The van der Waals surface area contributed by atoms with Crippen molar-refractivity contribution >= 4 is 10.9 Å². The molecule has 3 rings (SSSR count). The Morgan fingerprint density at radius 1 is 1.25 bits per heavy atom. The molecule has 0 amide bonds. The molecule has 0 aliphatic heterocycles. The zero-order valence-corrected chi connectivity index (χ0v) is 8.18. The van der Waals surface area contributed by atoms with E-state index in [1.165, 1.54) is 6.39 Å². The number of pyridine rings is 1. The Hall–Kier alpha value is -2.43. The summed E-state index contributed by atoms with van der Waals surface area (Å²) in [6, 6.07) is 9.28. The van der Waals surface area contributed by atoms with E-state index in [9.17, 15) is 4.79 Å². The molecule has 0 bridgehead atoms. The first-order valence-electron chi connectivity index (χ1n) is 4.73. The second-order valence-corrected chi connectivity index (χ2v) is 3.35. The summed E-state index contributed by atoms with van der Waals surface area (Å²) in [7, 11) is 0. The van der Waals surface area contributed by atoms with Crippen LogP contribution in [0.1, 0.15) is 0 Å². The molecule has 0 fully saturated rings. The van der Waals surface area contributed by atoms with Crippen molar-refractivity contribution in [2.75, 3.05) is 0 Å². The van der Waals surface area contributed by atoms with E-state index >= 15 is 0 Å². The lowest BCUT2D eigenvalue weighted by molar-refractivity contribution is 0.418. The van der Waals surface area contributed by atoms with Crippen LogP contribution in [0.15, 0.2) is 46.0 Å². The van der Waals surface area contributed by atoms with E-state index in [0.29, 0.717) is 11.4 Å². The largest absolute Gasteiger partial charge is 0.342 e. The zero-order valence-electron chi connectivity index (χ0n) is 8.18. The monoisotopic (exact) mass is 213 g/mol. The summed E-state index contributed by atoms with van der Waals surface area (Å²) < 4.78 is 4.62. The van der Waals surface area contributed by atoms with Crippen LogP contribution in [0.4, 0.5) is 0 Å². The normalized spacial score (nSPS) is 10.8. The first kappa shape index (κ1) is 8.84. The van der Waals surface area contributed by atoms with Gasteiger partial charge in [-0.05, 0) is 17.5 Å². The molecule has 1 N–H and O–H groups in total. The van der Waals surface area contributed by atoms with Crippen molar-refractivity contribution in [3.63, 3.8) is 0 Å². The molecule has 0 atom stereocenters. The maximum absolute atomic E-state index is 11.8. The summed E-state index contributed by atoms with van der Waals surface area (Å²) in [5, 5.41) is 4.58. The summed E-state index contributed by atoms with van der Waals surface area (Å²) in [6.07, 6.45) is 1.20. The first-order valence-corrected chi connectivity index (χ1v) is 4.73. The molecule has 5 nitrogen and oxygen atoms in total. The van der Waals surface area contributed by atoms with Crippen molar-refractivity contribution in [3.05, 3.63) is 47.1 Å². The Morgan fingerprint density at radius 3 is 2.94 bits per heavy atom. The van der Waals surface area contributed by atoms with Crippen molar-refractivity contribution in [1.82, 2.24) is 15.1 Å². The molecule has 16 heavy (non-hydrogen) atoms. The highest BCUT2D eigenvalue weighted by molar-refractivity contribution is 5.82. The highest BCUT2D eigenvalue weighted by atomic mass is 16.5. The third kappa shape index (κ3) is 1.30. The standard InChI is InChI=1S/C11H7N3O2/c15-11-8(10-12-6-16-14-10)5-7-3-1-2-4-9(7)13-11/h1-6H,(H,13,15). The average Bonchev–Trinajstić information content (AvgIpc) is 2.81. The summed E-state index contributed by atoms with van der Waals surface area (Å²) in [6.45, 7) is 0. The second-order valence-electron chi connectivity index (χ2n) is 3.35. The summed E-state index contributed by atoms with van der Waals surface area (Å²) in [5.74, 6) is 0.298. The number of rotatable bonds is 1. The molecule has 2 aromatic heterocycles. The fraction of sp³-hybridized carbons (Fsp3) is 0. The Labute approximate surface area is 89.7 Å². The molecule has 3 aromatic rings. The van der Waals surface area contributed by atoms with Crippen LogP contribution in [0.25, 0.3) is 22.3 Å². The zero-order chi connectivity index (χ0) is 11.0. The van der Waals surface area contributed by atoms with Crippen LogP contribution in [0.3, 0.4) is 0 Å². The van der Waals surface area contributed by atoms with E-state index in [0.717, 1.165) is 10.9 Å². The van der Waals surface area contributed by atoms with E-state index in [1.54, 1.807) is 6.07 Å².